The number of rotatable bonds is 6. The summed E-state index contributed by atoms with van der Waals surface area (Å²) >= 11 is 0. The van der Waals surface area contributed by atoms with Crippen LogP contribution in [0.2, 0.25) is 0 Å². The molecule has 7 nitrogen and oxygen atoms in total. The molecule has 1 N–H and O–H groups in total. The van der Waals surface area contributed by atoms with Gasteiger partial charge in [-0.05, 0) is 31.2 Å². The molecular formula is C21H34N4O3. The Morgan fingerprint density at radius 3 is 2.36 bits per heavy atom. The third kappa shape index (κ3) is 5.08. The molecule has 0 spiro atoms. The van der Waals surface area contributed by atoms with E-state index in [0.29, 0.717) is 6.54 Å². The van der Waals surface area contributed by atoms with Crippen LogP contribution in [0, 0.1) is 0 Å². The predicted molar refractivity (Wildman–Crippen MR) is 113 cm³/mol. The number of guanidine groups is 1. The maximum atomic E-state index is 5.84. The third-order valence-corrected chi connectivity index (χ3v) is 5.71. The van der Waals surface area contributed by atoms with E-state index < -0.39 is 0 Å². The molecule has 0 radical (unpaired) electrons. The van der Waals surface area contributed by atoms with Crippen LogP contribution in [0.1, 0.15) is 19.8 Å². The van der Waals surface area contributed by atoms with Crippen molar-refractivity contribution in [1.82, 2.24) is 10.2 Å². The van der Waals surface area contributed by atoms with Crippen molar-refractivity contribution >= 4 is 11.6 Å². The highest BCUT2D eigenvalue weighted by atomic mass is 16.5. The lowest BCUT2D eigenvalue weighted by molar-refractivity contribution is -0.0829. The molecule has 2 fully saturated rings. The van der Waals surface area contributed by atoms with Crippen molar-refractivity contribution in [3.63, 3.8) is 0 Å². The zero-order valence-electron chi connectivity index (χ0n) is 17.4. The van der Waals surface area contributed by atoms with Gasteiger partial charge in [-0.15, -0.1) is 0 Å². The quantitative estimate of drug-likeness (QED) is 0.592. The van der Waals surface area contributed by atoms with Crippen LogP contribution in [0.3, 0.4) is 0 Å². The Bertz CT molecular complexity index is 621. The van der Waals surface area contributed by atoms with Gasteiger partial charge in [0.25, 0.3) is 0 Å². The Morgan fingerprint density at radius 2 is 1.79 bits per heavy atom. The maximum absolute atomic E-state index is 5.84. The average Bonchev–Trinajstić information content (AvgIpc) is 2.77. The number of anilines is 1. The first-order valence-electron chi connectivity index (χ1n) is 10.2. The molecule has 2 aliphatic rings. The Balaban J connectivity index is 1.60. The Labute approximate surface area is 168 Å². The predicted octanol–water partition coefficient (Wildman–Crippen LogP) is 1.98. The van der Waals surface area contributed by atoms with Crippen LogP contribution in [0.15, 0.2) is 29.3 Å². The lowest BCUT2D eigenvalue weighted by atomic mass is 9.94. The molecule has 7 heteroatoms. The molecule has 2 heterocycles. The molecule has 2 saturated heterocycles. The number of piperazine rings is 1. The topological polar surface area (TPSA) is 58.6 Å². The molecule has 28 heavy (non-hydrogen) atoms. The number of methoxy groups -OCH3 is 2. The summed E-state index contributed by atoms with van der Waals surface area (Å²) in [5.74, 6) is 1.88. The number of ether oxygens (including phenoxy) is 3. The van der Waals surface area contributed by atoms with Crippen molar-refractivity contribution in [2.75, 3.05) is 71.6 Å². The summed E-state index contributed by atoms with van der Waals surface area (Å²) in [6, 6.07) is 8.29. The van der Waals surface area contributed by atoms with E-state index in [9.17, 15) is 0 Å². The lowest BCUT2D eigenvalue weighted by Gasteiger charge is -2.39. The van der Waals surface area contributed by atoms with Gasteiger partial charge in [-0.1, -0.05) is 0 Å². The first-order chi connectivity index (χ1) is 13.7. The molecule has 2 aliphatic heterocycles. The van der Waals surface area contributed by atoms with E-state index in [1.54, 1.807) is 14.2 Å². The van der Waals surface area contributed by atoms with E-state index >= 15 is 0 Å². The molecule has 0 amide bonds. The number of hydrogen-bond donors (Lipinski definition) is 1. The van der Waals surface area contributed by atoms with Gasteiger partial charge in [-0.25, -0.2) is 0 Å². The lowest BCUT2D eigenvalue weighted by Crippen LogP contribution is -2.53. The van der Waals surface area contributed by atoms with E-state index in [1.165, 1.54) is 5.69 Å². The molecule has 0 aromatic heterocycles. The fourth-order valence-electron chi connectivity index (χ4n) is 3.78. The van der Waals surface area contributed by atoms with Gasteiger partial charge in [0.15, 0.2) is 5.96 Å². The zero-order valence-corrected chi connectivity index (χ0v) is 17.4. The summed E-state index contributed by atoms with van der Waals surface area (Å²) < 4.78 is 16.6. The number of nitrogens with zero attached hydrogens (tertiary/aromatic N) is 3. The summed E-state index contributed by atoms with van der Waals surface area (Å²) in [5, 5.41) is 3.46. The van der Waals surface area contributed by atoms with Gasteiger partial charge >= 0.3 is 0 Å². The Kier molecular flexibility index (Phi) is 7.39. The molecule has 0 saturated carbocycles. The summed E-state index contributed by atoms with van der Waals surface area (Å²) in [6.07, 6.45) is 1.80. The number of aliphatic imine (C=N–C) groups is 1. The van der Waals surface area contributed by atoms with E-state index in [4.69, 9.17) is 19.2 Å². The van der Waals surface area contributed by atoms with Crippen LogP contribution in [-0.4, -0.2) is 83.2 Å². The highest BCUT2D eigenvalue weighted by Gasteiger charge is 2.32. The first-order valence-corrected chi connectivity index (χ1v) is 10.2. The molecule has 0 unspecified atom stereocenters. The summed E-state index contributed by atoms with van der Waals surface area (Å²) in [4.78, 5) is 9.70. The number of hydrogen-bond acceptors (Lipinski definition) is 5. The number of benzene rings is 1. The standard InChI is InChI=1S/C21H34N4O3/c1-4-22-20(23-17-21(27-3)9-15-28-16-10-21)25-13-11-24(12-14-25)18-5-7-19(26-2)8-6-18/h5-8H,4,9-17H2,1-3H3,(H,22,23). The molecular weight excluding hydrogens is 356 g/mol. The molecule has 156 valence electrons. The SMILES string of the molecule is CCNC(=NCC1(OC)CCOCC1)N1CCN(c2ccc(OC)cc2)CC1. The van der Waals surface area contributed by atoms with Crippen molar-refractivity contribution in [2.24, 2.45) is 4.99 Å². The van der Waals surface area contributed by atoms with E-state index in [2.05, 4.69) is 34.2 Å². The zero-order chi connectivity index (χ0) is 19.8. The second kappa shape index (κ2) is 9.98. The molecule has 3 rings (SSSR count). The van der Waals surface area contributed by atoms with Crippen LogP contribution in [0.5, 0.6) is 5.75 Å². The summed E-state index contributed by atoms with van der Waals surface area (Å²) in [7, 11) is 3.49. The van der Waals surface area contributed by atoms with Crippen LogP contribution < -0.4 is 15.0 Å². The minimum atomic E-state index is -0.191. The van der Waals surface area contributed by atoms with Crippen molar-refractivity contribution in [3.05, 3.63) is 24.3 Å². The first kappa shape index (κ1) is 20.7. The van der Waals surface area contributed by atoms with Crippen molar-refractivity contribution in [3.8, 4) is 5.75 Å². The van der Waals surface area contributed by atoms with Gasteiger partial charge in [-0.2, -0.15) is 0 Å². The van der Waals surface area contributed by atoms with Gasteiger partial charge in [-0.3, -0.25) is 4.99 Å². The molecule has 0 aliphatic carbocycles. The minimum Gasteiger partial charge on any atom is -0.497 e. The molecule has 0 bridgehead atoms. The summed E-state index contributed by atoms with van der Waals surface area (Å²) in [6.45, 7) is 8.99. The van der Waals surface area contributed by atoms with Crippen LogP contribution in [0.25, 0.3) is 0 Å². The van der Waals surface area contributed by atoms with E-state index in [-0.39, 0.29) is 5.60 Å². The smallest absolute Gasteiger partial charge is 0.194 e. The number of nitrogens with one attached hydrogen (secondary N) is 1. The molecule has 1 aromatic carbocycles. The minimum absolute atomic E-state index is 0.191. The highest BCUT2D eigenvalue weighted by Crippen LogP contribution is 2.25. The fraction of sp³-hybridized carbons (Fsp3) is 0.667. The van der Waals surface area contributed by atoms with Crippen LogP contribution >= 0.6 is 0 Å². The van der Waals surface area contributed by atoms with Gasteiger partial charge in [0.05, 0.1) is 19.3 Å². The average molecular weight is 391 g/mol. The second-order valence-corrected chi connectivity index (χ2v) is 7.34. The second-order valence-electron chi connectivity index (χ2n) is 7.34. The maximum Gasteiger partial charge on any atom is 0.194 e. The van der Waals surface area contributed by atoms with Crippen molar-refractivity contribution in [1.29, 1.82) is 0 Å². The van der Waals surface area contributed by atoms with E-state index in [0.717, 1.165) is 70.5 Å². The van der Waals surface area contributed by atoms with Crippen LogP contribution in [0.4, 0.5) is 5.69 Å². The van der Waals surface area contributed by atoms with Gasteiger partial charge < -0.3 is 29.3 Å². The Morgan fingerprint density at radius 1 is 1.11 bits per heavy atom. The van der Waals surface area contributed by atoms with Gasteiger partial charge in [0.2, 0.25) is 0 Å². The summed E-state index contributed by atoms with van der Waals surface area (Å²) in [5.41, 5.74) is 1.05. The highest BCUT2D eigenvalue weighted by molar-refractivity contribution is 5.80. The third-order valence-electron chi connectivity index (χ3n) is 5.71. The van der Waals surface area contributed by atoms with Gasteiger partial charge in [0.1, 0.15) is 5.75 Å². The van der Waals surface area contributed by atoms with Crippen molar-refractivity contribution < 1.29 is 14.2 Å². The Hall–Kier alpha value is -1.99. The van der Waals surface area contributed by atoms with E-state index in [1.807, 2.05) is 12.1 Å². The van der Waals surface area contributed by atoms with Crippen molar-refractivity contribution in [2.45, 2.75) is 25.4 Å². The van der Waals surface area contributed by atoms with Gasteiger partial charge in [0, 0.05) is 71.6 Å². The largest absolute Gasteiger partial charge is 0.497 e. The molecule has 1 aromatic rings. The molecule has 0 atom stereocenters. The normalized spacial score (nSPS) is 20.2. The van der Waals surface area contributed by atoms with Crippen LogP contribution in [-0.2, 0) is 9.47 Å². The monoisotopic (exact) mass is 390 g/mol. The fourth-order valence-corrected chi connectivity index (χ4v) is 3.78.